The molecule has 1 saturated heterocycles. The van der Waals surface area contributed by atoms with Gasteiger partial charge >= 0.3 is 0 Å². The number of nitrogens with one attached hydrogen (secondary N) is 1. The Morgan fingerprint density at radius 1 is 1.07 bits per heavy atom. The second-order valence-electron chi connectivity index (χ2n) is 7.37. The second-order valence-corrected chi connectivity index (χ2v) is 7.37. The van der Waals surface area contributed by atoms with Gasteiger partial charge in [-0.3, -0.25) is 0 Å². The Morgan fingerprint density at radius 3 is 2.48 bits per heavy atom. The highest BCUT2D eigenvalue weighted by Gasteiger charge is 2.42. The van der Waals surface area contributed by atoms with Crippen LogP contribution < -0.4 is 10.2 Å². The van der Waals surface area contributed by atoms with Gasteiger partial charge in [0.25, 0.3) is 0 Å². The Balaban J connectivity index is 1.53. The smallest absolute Gasteiger partial charge is 0.229 e. The molecule has 7 nitrogen and oxygen atoms in total. The highest BCUT2D eigenvalue weighted by atomic mass is 16.3. The summed E-state index contributed by atoms with van der Waals surface area (Å²) in [6, 6.07) is 17.8. The number of anilines is 3. The minimum Gasteiger partial charge on any atom is -0.508 e. The quantitative estimate of drug-likeness (QED) is 0.506. The molecule has 4 rings (SSSR count). The second kappa shape index (κ2) is 7.69. The zero-order valence-corrected chi connectivity index (χ0v) is 16.2. The van der Waals surface area contributed by atoms with E-state index in [2.05, 4.69) is 15.3 Å². The van der Waals surface area contributed by atoms with E-state index in [9.17, 15) is 15.3 Å². The van der Waals surface area contributed by atoms with E-state index in [0.29, 0.717) is 24.7 Å². The fourth-order valence-electron chi connectivity index (χ4n) is 3.64. The minimum atomic E-state index is -1.27. The van der Waals surface area contributed by atoms with Gasteiger partial charge < -0.3 is 25.5 Å². The number of aromatic hydroxyl groups is 1. The van der Waals surface area contributed by atoms with Crippen molar-refractivity contribution >= 4 is 17.5 Å². The predicted molar refractivity (Wildman–Crippen MR) is 111 cm³/mol. The fourth-order valence-corrected chi connectivity index (χ4v) is 3.64. The number of aliphatic hydroxyl groups excluding tert-OH is 1. The van der Waals surface area contributed by atoms with E-state index in [1.807, 2.05) is 48.2 Å². The number of phenols is 1. The number of hydrogen-bond donors (Lipinski definition) is 4. The van der Waals surface area contributed by atoms with E-state index in [4.69, 9.17) is 0 Å². The Bertz CT molecular complexity index is 981. The Morgan fingerprint density at radius 2 is 1.79 bits per heavy atom. The van der Waals surface area contributed by atoms with Gasteiger partial charge in [0.05, 0.1) is 0 Å². The van der Waals surface area contributed by atoms with E-state index in [0.717, 1.165) is 16.9 Å². The Hall–Kier alpha value is -3.16. The highest BCUT2D eigenvalue weighted by molar-refractivity contribution is 5.57. The van der Waals surface area contributed by atoms with E-state index in [1.54, 1.807) is 24.3 Å². The van der Waals surface area contributed by atoms with Crippen LogP contribution in [0.15, 0.2) is 60.7 Å². The first-order valence-electron chi connectivity index (χ1n) is 9.57. The predicted octanol–water partition coefficient (Wildman–Crippen LogP) is 2.69. The molecule has 0 saturated carbocycles. The molecule has 2 atom stereocenters. The molecule has 1 aliphatic rings. The lowest BCUT2D eigenvalue weighted by Gasteiger charge is -2.43. The number of aromatic nitrogens is 2. The SMILES string of the molecule is Cc1cc(N2CC[C@](O)(c3ccccc3)[C@@H](O)C2)nc(Nc2ccc(O)cc2)n1. The molecule has 2 aromatic carbocycles. The number of piperidine rings is 1. The number of rotatable bonds is 4. The van der Waals surface area contributed by atoms with Crippen molar-refractivity contribution in [3.63, 3.8) is 0 Å². The number of β-amino-alcohol motifs (C(OH)–C–C–N with tert-alkyl or cyclic N) is 1. The Kier molecular flexibility index (Phi) is 5.08. The van der Waals surface area contributed by atoms with Crippen LogP contribution >= 0.6 is 0 Å². The van der Waals surface area contributed by atoms with Gasteiger partial charge in [-0.2, -0.15) is 4.98 Å². The molecule has 1 aliphatic heterocycles. The number of nitrogens with zero attached hydrogens (tertiary/aromatic N) is 3. The molecule has 2 heterocycles. The first kappa shape index (κ1) is 19.2. The van der Waals surface area contributed by atoms with E-state index < -0.39 is 11.7 Å². The van der Waals surface area contributed by atoms with Gasteiger partial charge in [-0.05, 0) is 36.8 Å². The van der Waals surface area contributed by atoms with Gasteiger partial charge in [-0.15, -0.1) is 0 Å². The van der Waals surface area contributed by atoms with Crippen LogP contribution in [-0.2, 0) is 5.60 Å². The normalized spacial score (nSPS) is 21.8. The summed E-state index contributed by atoms with van der Waals surface area (Å²) in [5.74, 6) is 1.31. The lowest BCUT2D eigenvalue weighted by molar-refractivity contribution is -0.0918. The van der Waals surface area contributed by atoms with Crippen LogP contribution in [0.25, 0.3) is 0 Å². The third kappa shape index (κ3) is 4.01. The zero-order valence-electron chi connectivity index (χ0n) is 16.2. The molecule has 4 N–H and O–H groups in total. The molecule has 150 valence electrons. The average Bonchev–Trinajstić information content (AvgIpc) is 2.72. The topological polar surface area (TPSA) is 102 Å². The highest BCUT2D eigenvalue weighted by Crippen LogP contribution is 2.34. The van der Waals surface area contributed by atoms with Gasteiger partial charge in [0.15, 0.2) is 0 Å². The summed E-state index contributed by atoms with van der Waals surface area (Å²) < 4.78 is 0. The largest absolute Gasteiger partial charge is 0.508 e. The molecule has 29 heavy (non-hydrogen) atoms. The first-order chi connectivity index (χ1) is 13.9. The van der Waals surface area contributed by atoms with Gasteiger partial charge in [-0.1, -0.05) is 30.3 Å². The summed E-state index contributed by atoms with van der Waals surface area (Å²) in [5.41, 5.74) is 0.999. The molecular formula is C22H24N4O3. The van der Waals surface area contributed by atoms with Gasteiger partial charge in [0, 0.05) is 37.0 Å². The summed E-state index contributed by atoms with van der Waals surface area (Å²) in [7, 11) is 0. The zero-order chi connectivity index (χ0) is 20.4. The van der Waals surface area contributed by atoms with Crippen LogP contribution in [0.5, 0.6) is 5.75 Å². The van der Waals surface area contributed by atoms with Crippen LogP contribution in [0.3, 0.4) is 0 Å². The molecular weight excluding hydrogens is 368 g/mol. The van der Waals surface area contributed by atoms with Crippen LogP contribution in [-0.4, -0.2) is 44.5 Å². The van der Waals surface area contributed by atoms with Crippen molar-refractivity contribution in [1.29, 1.82) is 0 Å². The maximum Gasteiger partial charge on any atom is 0.229 e. The molecule has 0 radical (unpaired) electrons. The van der Waals surface area contributed by atoms with Gasteiger partial charge in [0.1, 0.15) is 23.3 Å². The van der Waals surface area contributed by atoms with Crippen molar-refractivity contribution in [1.82, 2.24) is 9.97 Å². The van der Waals surface area contributed by atoms with Crippen LogP contribution in [0.4, 0.5) is 17.5 Å². The fraction of sp³-hybridized carbons (Fsp3) is 0.273. The van der Waals surface area contributed by atoms with Crippen molar-refractivity contribution in [3.8, 4) is 5.75 Å². The minimum absolute atomic E-state index is 0.189. The maximum absolute atomic E-state index is 11.1. The maximum atomic E-state index is 11.1. The van der Waals surface area contributed by atoms with Gasteiger partial charge in [-0.25, -0.2) is 4.98 Å². The van der Waals surface area contributed by atoms with Crippen molar-refractivity contribution in [3.05, 3.63) is 71.9 Å². The number of benzene rings is 2. The number of hydrogen-bond acceptors (Lipinski definition) is 7. The summed E-state index contributed by atoms with van der Waals surface area (Å²) in [4.78, 5) is 11.0. The van der Waals surface area contributed by atoms with Crippen molar-refractivity contribution in [2.45, 2.75) is 25.0 Å². The summed E-state index contributed by atoms with van der Waals surface area (Å²) in [6.07, 6.45) is -0.551. The van der Waals surface area contributed by atoms with Crippen molar-refractivity contribution < 1.29 is 15.3 Å². The third-order valence-corrected chi connectivity index (χ3v) is 5.27. The standard InChI is InChI=1S/C22H24N4O3/c1-15-13-20(25-21(23-15)24-17-7-9-18(27)10-8-17)26-12-11-22(29,19(28)14-26)16-5-3-2-4-6-16/h2-10,13,19,27-29H,11-12,14H2,1H3,(H,23,24,25)/t19-,22-/m0/s1. The van der Waals surface area contributed by atoms with E-state index >= 15 is 0 Å². The molecule has 0 bridgehead atoms. The monoisotopic (exact) mass is 392 g/mol. The van der Waals surface area contributed by atoms with Crippen molar-refractivity contribution in [2.75, 3.05) is 23.3 Å². The summed E-state index contributed by atoms with van der Waals surface area (Å²) in [6.45, 7) is 2.70. The van der Waals surface area contributed by atoms with E-state index in [-0.39, 0.29) is 12.3 Å². The number of phenolic OH excluding ortho intramolecular Hbond substituents is 1. The average molecular weight is 392 g/mol. The molecule has 1 aromatic heterocycles. The van der Waals surface area contributed by atoms with Crippen molar-refractivity contribution in [2.24, 2.45) is 0 Å². The summed E-state index contributed by atoms with van der Waals surface area (Å²) in [5, 5.41) is 34.4. The first-order valence-corrected chi connectivity index (χ1v) is 9.57. The van der Waals surface area contributed by atoms with Gasteiger partial charge in [0.2, 0.25) is 5.95 Å². The molecule has 1 fully saturated rings. The van der Waals surface area contributed by atoms with Crippen LogP contribution in [0, 0.1) is 6.92 Å². The molecule has 0 unspecified atom stereocenters. The lowest BCUT2D eigenvalue weighted by atomic mass is 9.82. The third-order valence-electron chi connectivity index (χ3n) is 5.27. The molecule has 7 heteroatoms. The van der Waals surface area contributed by atoms with E-state index in [1.165, 1.54) is 0 Å². The Labute approximate surface area is 169 Å². The number of aryl methyl sites for hydroxylation is 1. The summed E-state index contributed by atoms with van der Waals surface area (Å²) >= 11 is 0. The van der Waals surface area contributed by atoms with Crippen LogP contribution in [0.1, 0.15) is 17.7 Å². The molecule has 0 amide bonds. The lowest BCUT2D eigenvalue weighted by Crippen LogP contribution is -2.53. The molecule has 0 aliphatic carbocycles. The molecule has 3 aromatic rings. The molecule has 0 spiro atoms. The number of aliphatic hydroxyl groups is 2. The van der Waals surface area contributed by atoms with Crippen LogP contribution in [0.2, 0.25) is 0 Å².